The number of aromatic carboxylic acids is 1. The van der Waals surface area contributed by atoms with Gasteiger partial charge < -0.3 is 5.11 Å². The maximum Gasteiger partial charge on any atom is 0.336 e. The molecule has 0 radical (unpaired) electrons. The lowest BCUT2D eigenvalue weighted by Gasteiger charge is -2.04. The molecule has 1 rings (SSSR count). The average Bonchev–Trinajstić information content (AvgIpc) is 2.16. The van der Waals surface area contributed by atoms with Crippen LogP contribution < -0.4 is 0 Å². The topological polar surface area (TPSA) is 54.4 Å². The molecule has 1 N–H and O–H groups in total. The summed E-state index contributed by atoms with van der Waals surface area (Å²) in [6.07, 6.45) is 3.37. The zero-order valence-electron chi connectivity index (χ0n) is 7.81. The highest BCUT2D eigenvalue weighted by Gasteiger charge is 2.10. The lowest BCUT2D eigenvalue weighted by Crippen LogP contribution is -2.00. The molecular formula is C9H10O3S2. The number of rotatable bonds is 3. The minimum atomic E-state index is -1.07. The quantitative estimate of drug-likeness (QED) is 0.805. The Kier molecular flexibility index (Phi) is 3.71. The van der Waals surface area contributed by atoms with Gasteiger partial charge in [-0.15, -0.1) is 11.8 Å². The van der Waals surface area contributed by atoms with Crippen LogP contribution in [-0.4, -0.2) is 27.8 Å². The average molecular weight is 230 g/mol. The Morgan fingerprint density at radius 1 is 1.50 bits per heavy atom. The molecule has 0 aliphatic rings. The summed E-state index contributed by atoms with van der Waals surface area (Å²) < 4.78 is 11.1. The van der Waals surface area contributed by atoms with Gasteiger partial charge in [-0.25, -0.2) is 4.79 Å². The minimum Gasteiger partial charge on any atom is -0.478 e. The first kappa shape index (κ1) is 11.3. The molecule has 1 aromatic carbocycles. The predicted octanol–water partition coefficient (Wildman–Crippen LogP) is 1.84. The van der Waals surface area contributed by atoms with E-state index in [-0.39, 0.29) is 5.56 Å². The molecule has 3 nitrogen and oxygen atoms in total. The zero-order chi connectivity index (χ0) is 10.7. The monoisotopic (exact) mass is 230 g/mol. The van der Waals surface area contributed by atoms with E-state index in [0.717, 1.165) is 0 Å². The molecule has 0 saturated heterocycles. The van der Waals surface area contributed by atoms with E-state index in [4.69, 9.17) is 5.11 Å². The van der Waals surface area contributed by atoms with E-state index >= 15 is 0 Å². The summed E-state index contributed by atoms with van der Waals surface area (Å²) in [5.74, 6) is -0.956. The van der Waals surface area contributed by atoms with Gasteiger partial charge in [0, 0.05) is 26.8 Å². The van der Waals surface area contributed by atoms with E-state index in [1.54, 1.807) is 24.6 Å². The van der Waals surface area contributed by atoms with E-state index in [1.807, 2.05) is 0 Å². The zero-order valence-corrected chi connectivity index (χ0v) is 9.45. The van der Waals surface area contributed by atoms with Gasteiger partial charge in [0.05, 0.1) is 5.56 Å². The van der Waals surface area contributed by atoms with Crippen molar-refractivity contribution in [2.75, 3.05) is 12.5 Å². The Hall–Kier alpha value is -0.810. The Bertz CT molecular complexity index is 388. The Morgan fingerprint density at radius 3 is 2.57 bits per heavy atom. The SMILES string of the molecule is CSc1cc(S(C)=O)ccc1C(=O)O. The van der Waals surface area contributed by atoms with Crippen LogP contribution in [0.25, 0.3) is 0 Å². The van der Waals surface area contributed by atoms with E-state index < -0.39 is 16.8 Å². The summed E-state index contributed by atoms with van der Waals surface area (Å²) >= 11 is 1.34. The lowest BCUT2D eigenvalue weighted by atomic mass is 10.2. The summed E-state index contributed by atoms with van der Waals surface area (Å²) in [6.45, 7) is 0. The predicted molar refractivity (Wildman–Crippen MR) is 57.5 cm³/mol. The first-order valence-electron chi connectivity index (χ1n) is 3.81. The van der Waals surface area contributed by atoms with Crippen molar-refractivity contribution in [3.63, 3.8) is 0 Å². The van der Waals surface area contributed by atoms with Crippen LogP contribution in [0.5, 0.6) is 0 Å². The van der Waals surface area contributed by atoms with Crippen molar-refractivity contribution in [3.05, 3.63) is 23.8 Å². The molecule has 0 saturated carbocycles. The van der Waals surface area contributed by atoms with Crippen molar-refractivity contribution >= 4 is 28.5 Å². The lowest BCUT2D eigenvalue weighted by molar-refractivity contribution is 0.0693. The summed E-state index contributed by atoms with van der Waals surface area (Å²) in [7, 11) is -1.07. The van der Waals surface area contributed by atoms with Crippen LogP contribution in [0.3, 0.4) is 0 Å². The maximum atomic E-state index is 11.1. The molecule has 0 heterocycles. The smallest absolute Gasteiger partial charge is 0.336 e. The number of carbonyl (C=O) groups is 1. The number of benzene rings is 1. The van der Waals surface area contributed by atoms with Gasteiger partial charge in [0.2, 0.25) is 0 Å². The fourth-order valence-corrected chi connectivity index (χ4v) is 2.27. The van der Waals surface area contributed by atoms with Crippen molar-refractivity contribution < 1.29 is 14.1 Å². The highest BCUT2D eigenvalue weighted by atomic mass is 32.2. The number of hydrogen-bond donors (Lipinski definition) is 1. The van der Waals surface area contributed by atoms with Gasteiger partial charge in [-0.05, 0) is 24.5 Å². The standard InChI is InChI=1S/C9H10O3S2/c1-13-8-5-6(14(2)12)3-4-7(8)9(10)11/h3-5H,1-2H3,(H,10,11). The van der Waals surface area contributed by atoms with Gasteiger partial charge in [0.15, 0.2) is 0 Å². The maximum absolute atomic E-state index is 11.1. The fourth-order valence-electron chi connectivity index (χ4n) is 1.03. The van der Waals surface area contributed by atoms with E-state index in [1.165, 1.54) is 17.8 Å². The van der Waals surface area contributed by atoms with Crippen LogP contribution in [0, 0.1) is 0 Å². The second kappa shape index (κ2) is 4.61. The molecule has 0 aliphatic carbocycles. The van der Waals surface area contributed by atoms with Gasteiger partial charge in [-0.1, -0.05) is 0 Å². The minimum absolute atomic E-state index is 0.256. The number of thioether (sulfide) groups is 1. The van der Waals surface area contributed by atoms with Crippen LogP contribution >= 0.6 is 11.8 Å². The third-order valence-corrected chi connectivity index (χ3v) is 3.43. The molecular weight excluding hydrogens is 220 g/mol. The molecule has 0 bridgehead atoms. The Balaban J connectivity index is 3.25. The van der Waals surface area contributed by atoms with Crippen LogP contribution in [0.15, 0.2) is 28.0 Å². The summed E-state index contributed by atoms with van der Waals surface area (Å²) in [5, 5.41) is 8.84. The summed E-state index contributed by atoms with van der Waals surface area (Å²) in [5.41, 5.74) is 0.256. The Labute approximate surface area is 89.0 Å². The molecule has 1 aromatic rings. The van der Waals surface area contributed by atoms with Crippen LogP contribution in [0.1, 0.15) is 10.4 Å². The third-order valence-electron chi connectivity index (χ3n) is 1.74. The second-order valence-corrected chi connectivity index (χ2v) is 4.85. The molecule has 0 aromatic heterocycles. The molecule has 1 unspecified atom stereocenters. The first-order chi connectivity index (χ1) is 6.56. The normalized spacial score (nSPS) is 12.4. The van der Waals surface area contributed by atoms with E-state index in [0.29, 0.717) is 9.79 Å². The van der Waals surface area contributed by atoms with Gasteiger partial charge in [-0.3, -0.25) is 4.21 Å². The van der Waals surface area contributed by atoms with Crippen molar-refractivity contribution in [3.8, 4) is 0 Å². The van der Waals surface area contributed by atoms with Crippen molar-refractivity contribution in [2.24, 2.45) is 0 Å². The molecule has 14 heavy (non-hydrogen) atoms. The largest absolute Gasteiger partial charge is 0.478 e. The molecule has 1 atom stereocenters. The highest BCUT2D eigenvalue weighted by molar-refractivity contribution is 7.98. The number of carboxylic acid groups (broad SMARTS) is 1. The van der Waals surface area contributed by atoms with Crippen LogP contribution in [-0.2, 0) is 10.8 Å². The molecule has 0 fully saturated rings. The van der Waals surface area contributed by atoms with E-state index in [9.17, 15) is 9.00 Å². The van der Waals surface area contributed by atoms with Gasteiger partial charge in [0.25, 0.3) is 0 Å². The van der Waals surface area contributed by atoms with E-state index in [2.05, 4.69) is 0 Å². The van der Waals surface area contributed by atoms with Gasteiger partial charge in [-0.2, -0.15) is 0 Å². The van der Waals surface area contributed by atoms with Crippen molar-refractivity contribution in [2.45, 2.75) is 9.79 Å². The summed E-state index contributed by atoms with van der Waals surface area (Å²) in [4.78, 5) is 12.1. The first-order valence-corrected chi connectivity index (χ1v) is 6.59. The molecule has 5 heteroatoms. The van der Waals surface area contributed by atoms with Crippen molar-refractivity contribution in [1.82, 2.24) is 0 Å². The van der Waals surface area contributed by atoms with Gasteiger partial charge >= 0.3 is 5.97 Å². The van der Waals surface area contributed by atoms with Crippen molar-refractivity contribution in [1.29, 1.82) is 0 Å². The number of hydrogen-bond acceptors (Lipinski definition) is 3. The second-order valence-electron chi connectivity index (χ2n) is 2.62. The molecule has 0 aliphatic heterocycles. The molecule has 76 valence electrons. The Morgan fingerprint density at radius 2 is 2.14 bits per heavy atom. The van der Waals surface area contributed by atoms with Crippen LogP contribution in [0.2, 0.25) is 0 Å². The van der Waals surface area contributed by atoms with Gasteiger partial charge in [0.1, 0.15) is 0 Å². The fraction of sp³-hybridized carbons (Fsp3) is 0.222. The summed E-state index contributed by atoms with van der Waals surface area (Å²) in [6, 6.07) is 4.73. The molecule has 0 spiro atoms. The number of carboxylic acids is 1. The third kappa shape index (κ3) is 2.36. The van der Waals surface area contributed by atoms with Crippen LogP contribution in [0.4, 0.5) is 0 Å². The molecule has 0 amide bonds. The highest BCUT2D eigenvalue weighted by Crippen LogP contribution is 2.23.